The lowest BCUT2D eigenvalue weighted by atomic mass is 10.0. The van der Waals surface area contributed by atoms with Crippen molar-refractivity contribution < 1.29 is 29.7 Å². The summed E-state index contributed by atoms with van der Waals surface area (Å²) in [5.74, 6) is -3.01. The molecule has 0 spiro atoms. The first-order valence-corrected chi connectivity index (χ1v) is 8.68. The molecule has 1 aromatic carbocycles. The van der Waals surface area contributed by atoms with Crippen molar-refractivity contribution >= 4 is 29.3 Å². The Bertz CT molecular complexity index is 762. The SMILES string of the molecule is Cc1cc(C(=O)O)c(N2CCC[C@H]2C(=O)O)cc1N1CCC[C@H]1C(=O)O. The lowest BCUT2D eigenvalue weighted by Gasteiger charge is -2.30. The van der Waals surface area contributed by atoms with Crippen molar-refractivity contribution in [2.24, 2.45) is 0 Å². The summed E-state index contributed by atoms with van der Waals surface area (Å²) in [7, 11) is 0. The Morgan fingerprint density at radius 3 is 1.85 bits per heavy atom. The van der Waals surface area contributed by atoms with Gasteiger partial charge in [-0.2, -0.15) is 0 Å². The van der Waals surface area contributed by atoms with Gasteiger partial charge in [0.1, 0.15) is 12.1 Å². The summed E-state index contributed by atoms with van der Waals surface area (Å²) < 4.78 is 0. The van der Waals surface area contributed by atoms with Crippen LogP contribution >= 0.6 is 0 Å². The first-order valence-electron chi connectivity index (χ1n) is 8.68. The highest BCUT2D eigenvalue weighted by molar-refractivity contribution is 5.97. The maximum absolute atomic E-state index is 11.7. The number of anilines is 2. The number of benzene rings is 1. The summed E-state index contributed by atoms with van der Waals surface area (Å²) in [5, 5.41) is 28.5. The largest absolute Gasteiger partial charge is 0.480 e. The molecule has 2 saturated heterocycles. The fourth-order valence-corrected chi connectivity index (χ4v) is 4.03. The van der Waals surface area contributed by atoms with Crippen molar-refractivity contribution in [1.29, 1.82) is 0 Å². The molecule has 0 amide bonds. The second kappa shape index (κ2) is 6.86. The van der Waals surface area contributed by atoms with Crippen LogP contribution in [0.15, 0.2) is 12.1 Å². The molecule has 0 unspecified atom stereocenters. The zero-order valence-corrected chi connectivity index (χ0v) is 14.5. The molecule has 0 bridgehead atoms. The predicted octanol–water partition coefficient (Wildman–Crippen LogP) is 1.80. The molecule has 140 valence electrons. The van der Waals surface area contributed by atoms with Gasteiger partial charge >= 0.3 is 17.9 Å². The monoisotopic (exact) mass is 362 g/mol. The normalized spacial score (nSPS) is 22.7. The summed E-state index contributed by atoms with van der Waals surface area (Å²) in [6.45, 7) is 2.79. The van der Waals surface area contributed by atoms with E-state index in [0.29, 0.717) is 49.3 Å². The van der Waals surface area contributed by atoms with Gasteiger partial charge in [-0.05, 0) is 50.3 Å². The lowest BCUT2D eigenvalue weighted by Crippen LogP contribution is -2.38. The van der Waals surface area contributed by atoms with Gasteiger partial charge < -0.3 is 25.1 Å². The average molecular weight is 362 g/mol. The molecule has 3 rings (SSSR count). The van der Waals surface area contributed by atoms with E-state index in [0.717, 1.165) is 6.42 Å². The van der Waals surface area contributed by atoms with Crippen LogP contribution < -0.4 is 9.80 Å². The van der Waals surface area contributed by atoms with Crippen LogP contribution in [0.5, 0.6) is 0 Å². The molecule has 8 heteroatoms. The third kappa shape index (κ3) is 3.07. The number of aryl methyl sites for hydroxylation is 1. The summed E-state index contributed by atoms with van der Waals surface area (Å²) in [4.78, 5) is 38.2. The van der Waals surface area contributed by atoms with Crippen LogP contribution in [-0.4, -0.2) is 58.4 Å². The van der Waals surface area contributed by atoms with Crippen LogP contribution in [0.4, 0.5) is 11.4 Å². The molecule has 2 heterocycles. The van der Waals surface area contributed by atoms with Crippen molar-refractivity contribution in [1.82, 2.24) is 0 Å². The average Bonchev–Trinajstić information content (AvgIpc) is 3.23. The molecular formula is C18H22N2O6. The summed E-state index contributed by atoms with van der Waals surface area (Å²) in [6.07, 6.45) is 2.40. The standard InChI is InChI=1S/C18H22N2O6/c1-10-8-11(16(21)22)15(20-7-3-5-13(20)18(25)26)9-14(10)19-6-2-4-12(19)17(23)24/h8-9,12-13H,2-7H2,1H3,(H,21,22)(H,23,24)(H,25,26)/t12-,13-/m0/s1. The van der Waals surface area contributed by atoms with E-state index < -0.39 is 30.0 Å². The van der Waals surface area contributed by atoms with Gasteiger partial charge in [0.25, 0.3) is 0 Å². The fourth-order valence-electron chi connectivity index (χ4n) is 4.03. The maximum atomic E-state index is 11.7. The van der Waals surface area contributed by atoms with E-state index in [-0.39, 0.29) is 5.56 Å². The van der Waals surface area contributed by atoms with Gasteiger partial charge in [0.15, 0.2) is 0 Å². The first kappa shape index (κ1) is 18.0. The van der Waals surface area contributed by atoms with E-state index >= 15 is 0 Å². The van der Waals surface area contributed by atoms with Crippen LogP contribution in [-0.2, 0) is 9.59 Å². The van der Waals surface area contributed by atoms with E-state index in [9.17, 15) is 29.7 Å². The number of carbonyl (C=O) groups is 3. The minimum atomic E-state index is -1.12. The molecule has 2 aliphatic heterocycles. The van der Waals surface area contributed by atoms with Gasteiger partial charge in [-0.3, -0.25) is 0 Å². The molecule has 26 heavy (non-hydrogen) atoms. The topological polar surface area (TPSA) is 118 Å². The first-order chi connectivity index (χ1) is 12.3. The zero-order chi connectivity index (χ0) is 19.0. The van der Waals surface area contributed by atoms with Crippen LogP contribution in [0.2, 0.25) is 0 Å². The number of aliphatic carboxylic acids is 2. The van der Waals surface area contributed by atoms with Crippen molar-refractivity contribution in [3.63, 3.8) is 0 Å². The van der Waals surface area contributed by atoms with Crippen molar-refractivity contribution in [3.05, 3.63) is 23.3 Å². The quantitative estimate of drug-likeness (QED) is 0.726. The number of hydrogen-bond acceptors (Lipinski definition) is 5. The Labute approximate surface area is 150 Å². The Hall–Kier alpha value is -2.77. The number of nitrogens with zero attached hydrogens (tertiary/aromatic N) is 2. The second-order valence-corrected chi connectivity index (χ2v) is 6.84. The van der Waals surface area contributed by atoms with E-state index in [2.05, 4.69) is 0 Å². The Kier molecular flexibility index (Phi) is 4.76. The Balaban J connectivity index is 2.09. The van der Waals surface area contributed by atoms with Crippen molar-refractivity contribution in [2.75, 3.05) is 22.9 Å². The highest BCUT2D eigenvalue weighted by Crippen LogP contribution is 2.37. The molecular weight excluding hydrogens is 340 g/mol. The third-order valence-electron chi connectivity index (χ3n) is 5.24. The van der Waals surface area contributed by atoms with Crippen LogP contribution in [0.1, 0.15) is 41.6 Å². The molecule has 0 aliphatic carbocycles. The molecule has 1 aromatic rings. The smallest absolute Gasteiger partial charge is 0.337 e. The second-order valence-electron chi connectivity index (χ2n) is 6.84. The minimum absolute atomic E-state index is 0.0467. The number of rotatable bonds is 5. The number of carboxylic acids is 3. The van der Waals surface area contributed by atoms with Gasteiger partial charge in [-0.1, -0.05) is 0 Å². The summed E-state index contributed by atoms with van der Waals surface area (Å²) in [5.41, 5.74) is 1.72. The Morgan fingerprint density at radius 2 is 1.38 bits per heavy atom. The van der Waals surface area contributed by atoms with Gasteiger partial charge in [0.2, 0.25) is 0 Å². The van der Waals surface area contributed by atoms with E-state index in [1.807, 2.05) is 0 Å². The van der Waals surface area contributed by atoms with Crippen molar-refractivity contribution in [3.8, 4) is 0 Å². The number of aromatic carboxylic acids is 1. The number of hydrogen-bond donors (Lipinski definition) is 3. The molecule has 2 aliphatic rings. The van der Waals surface area contributed by atoms with Crippen LogP contribution in [0, 0.1) is 6.92 Å². The van der Waals surface area contributed by atoms with Crippen LogP contribution in [0.3, 0.4) is 0 Å². The molecule has 3 N–H and O–H groups in total. The Morgan fingerprint density at radius 1 is 0.885 bits per heavy atom. The van der Waals surface area contributed by atoms with Gasteiger partial charge in [0.05, 0.1) is 11.3 Å². The highest BCUT2D eigenvalue weighted by atomic mass is 16.4. The van der Waals surface area contributed by atoms with Crippen LogP contribution in [0.25, 0.3) is 0 Å². The molecule has 0 aromatic heterocycles. The van der Waals surface area contributed by atoms with Gasteiger partial charge in [0, 0.05) is 18.8 Å². The zero-order valence-electron chi connectivity index (χ0n) is 14.5. The van der Waals surface area contributed by atoms with Gasteiger partial charge in [-0.25, -0.2) is 14.4 Å². The summed E-state index contributed by atoms with van der Waals surface area (Å²) >= 11 is 0. The minimum Gasteiger partial charge on any atom is -0.480 e. The molecule has 2 atom stereocenters. The summed E-state index contributed by atoms with van der Waals surface area (Å²) in [6, 6.07) is 1.76. The van der Waals surface area contributed by atoms with Gasteiger partial charge in [-0.15, -0.1) is 0 Å². The number of carboxylic acid groups (broad SMARTS) is 3. The molecule has 0 saturated carbocycles. The fraction of sp³-hybridized carbons (Fsp3) is 0.500. The van der Waals surface area contributed by atoms with E-state index in [4.69, 9.17) is 0 Å². The molecule has 0 radical (unpaired) electrons. The predicted molar refractivity (Wildman–Crippen MR) is 94.1 cm³/mol. The van der Waals surface area contributed by atoms with E-state index in [1.54, 1.807) is 22.8 Å². The van der Waals surface area contributed by atoms with Crippen molar-refractivity contribution in [2.45, 2.75) is 44.7 Å². The van der Waals surface area contributed by atoms with E-state index in [1.165, 1.54) is 6.07 Å². The molecule has 8 nitrogen and oxygen atoms in total. The third-order valence-corrected chi connectivity index (χ3v) is 5.24. The highest BCUT2D eigenvalue weighted by Gasteiger charge is 2.36. The molecule has 2 fully saturated rings. The maximum Gasteiger partial charge on any atom is 0.337 e. The lowest BCUT2D eigenvalue weighted by molar-refractivity contribution is -0.139.